The summed E-state index contributed by atoms with van der Waals surface area (Å²) in [7, 11) is 0.750. The summed E-state index contributed by atoms with van der Waals surface area (Å²) >= 11 is 0. The van der Waals surface area contributed by atoms with Gasteiger partial charge in [0.05, 0.1) is 0 Å². The van der Waals surface area contributed by atoms with Gasteiger partial charge in [-0.15, -0.1) is 11.1 Å². The molecule has 0 heterocycles. The van der Waals surface area contributed by atoms with E-state index >= 15 is 0 Å². The molecule has 2 radical (unpaired) electrons. The monoisotopic (exact) mass is 462 g/mol. The number of hydrogen-bond donors (Lipinski definition) is 0. The van der Waals surface area contributed by atoms with Gasteiger partial charge < -0.3 is 24.8 Å². The van der Waals surface area contributed by atoms with Crippen molar-refractivity contribution < 1.29 is 51.0 Å². The molecule has 2 aliphatic rings. The van der Waals surface area contributed by atoms with Crippen LogP contribution in [0.5, 0.6) is 0 Å². The van der Waals surface area contributed by atoms with Crippen LogP contribution >= 0.6 is 0 Å². The third kappa shape index (κ3) is 5.30. The second-order valence-electron chi connectivity index (χ2n) is 5.97. The maximum absolute atomic E-state index is 3.65. The van der Waals surface area contributed by atoms with Crippen molar-refractivity contribution in [2.75, 3.05) is 0 Å². The van der Waals surface area contributed by atoms with Gasteiger partial charge in [-0.3, -0.25) is 0 Å². The van der Waals surface area contributed by atoms with Gasteiger partial charge in [-0.25, -0.2) is 0 Å². The number of fused-ring (bicyclic) bond motifs is 3. The van der Waals surface area contributed by atoms with Crippen LogP contribution < -0.4 is 24.8 Å². The van der Waals surface area contributed by atoms with Crippen LogP contribution in [0.15, 0.2) is 54.6 Å². The average Bonchev–Trinajstić information content (AvgIpc) is 3.15. The normalized spacial score (nSPS) is 12.8. The molecular weight excluding hydrogens is 442 g/mol. The van der Waals surface area contributed by atoms with Crippen molar-refractivity contribution in [3.8, 4) is 11.1 Å². The van der Waals surface area contributed by atoms with Crippen molar-refractivity contribution in [1.29, 1.82) is 0 Å². The molecule has 0 unspecified atom stereocenters. The molecule has 0 fully saturated rings. The van der Waals surface area contributed by atoms with Gasteiger partial charge in [0.1, 0.15) is 0 Å². The standard InChI is InChI=1S/C19H15.C2H7Si.2ClH.Zr/c1-13-10-16(14-6-2-3-7-14)12-17-11-15-8-4-5-9-18(15)19(13)17;1-3-2;;;/h2-10,14H,11H2,1H3;3H,1-2H3;2*1H;/q-1;;;;+3/p-2. The minimum Gasteiger partial charge on any atom is -1.00 e. The first kappa shape index (κ1) is 24.6. The molecule has 4 rings (SSSR count). The number of hydrogen-bond acceptors (Lipinski definition) is 0. The predicted molar refractivity (Wildman–Crippen MR) is 98.2 cm³/mol. The molecule has 2 aromatic carbocycles. The summed E-state index contributed by atoms with van der Waals surface area (Å²) in [5.74, 6) is 0.410. The molecule has 0 aliphatic heterocycles. The van der Waals surface area contributed by atoms with E-state index < -0.39 is 0 Å². The Morgan fingerprint density at radius 3 is 2.28 bits per heavy atom. The molecule has 0 amide bonds. The van der Waals surface area contributed by atoms with Gasteiger partial charge in [0.2, 0.25) is 0 Å². The molecule has 2 aliphatic carbocycles. The molecule has 0 saturated heterocycles. The van der Waals surface area contributed by atoms with E-state index in [1.54, 1.807) is 0 Å². The van der Waals surface area contributed by atoms with Crippen molar-refractivity contribution in [2.24, 2.45) is 0 Å². The fourth-order valence-corrected chi connectivity index (χ4v) is 3.25. The minimum atomic E-state index is 0. The molecule has 128 valence electrons. The molecule has 0 saturated carbocycles. The molecule has 0 N–H and O–H groups in total. The zero-order valence-electron chi connectivity index (χ0n) is 14.8. The summed E-state index contributed by atoms with van der Waals surface area (Å²) in [4.78, 5) is 0. The fourth-order valence-electron chi connectivity index (χ4n) is 3.25. The number of allylic oxidation sites excluding steroid dienone is 4. The predicted octanol–water partition coefficient (Wildman–Crippen LogP) is -0.899. The first-order chi connectivity index (χ1) is 10.7. The quantitative estimate of drug-likeness (QED) is 0.324. The maximum atomic E-state index is 3.65. The Morgan fingerprint density at radius 1 is 1.04 bits per heavy atom. The van der Waals surface area contributed by atoms with E-state index in [0.29, 0.717) is 5.92 Å². The van der Waals surface area contributed by atoms with Crippen molar-refractivity contribution in [3.63, 3.8) is 0 Å². The van der Waals surface area contributed by atoms with Crippen LogP contribution in [-0.2, 0) is 32.6 Å². The second-order valence-corrected chi connectivity index (χ2v) is 7.12. The largest absolute Gasteiger partial charge is 3.00 e. The molecule has 25 heavy (non-hydrogen) atoms. The fraction of sp³-hybridized carbons (Fsp3) is 0.238. The van der Waals surface area contributed by atoms with Gasteiger partial charge in [-0.1, -0.05) is 79.7 Å². The Labute approximate surface area is 186 Å². The number of rotatable bonds is 1. The zero-order valence-corrected chi connectivity index (χ0v) is 19.9. The molecule has 0 bridgehead atoms. The van der Waals surface area contributed by atoms with Gasteiger partial charge in [-0.2, -0.15) is 23.3 Å². The van der Waals surface area contributed by atoms with Crippen molar-refractivity contribution in [2.45, 2.75) is 32.4 Å². The van der Waals surface area contributed by atoms with Crippen LogP contribution in [0.25, 0.3) is 11.1 Å². The van der Waals surface area contributed by atoms with Gasteiger partial charge in [0.25, 0.3) is 0 Å². The van der Waals surface area contributed by atoms with E-state index in [1.165, 1.54) is 33.4 Å². The number of aryl methyl sites for hydroxylation is 1. The van der Waals surface area contributed by atoms with Gasteiger partial charge in [-0.05, 0) is 12.3 Å². The van der Waals surface area contributed by atoms with Crippen molar-refractivity contribution in [1.82, 2.24) is 0 Å². The maximum Gasteiger partial charge on any atom is 3.00 e. The number of halogens is 2. The summed E-state index contributed by atoms with van der Waals surface area (Å²) in [6.45, 7) is 6.64. The van der Waals surface area contributed by atoms with Crippen molar-refractivity contribution in [3.05, 3.63) is 83.0 Å². The third-order valence-corrected chi connectivity index (χ3v) is 4.12. The molecular formula is C21H22Cl2SiZr. The molecule has 4 heteroatoms. The topological polar surface area (TPSA) is 0 Å². The van der Waals surface area contributed by atoms with E-state index in [2.05, 4.69) is 80.7 Å². The minimum absolute atomic E-state index is 0. The summed E-state index contributed by atoms with van der Waals surface area (Å²) in [6.07, 6.45) is 9.74. The van der Waals surface area contributed by atoms with Gasteiger partial charge in [0.15, 0.2) is 0 Å². The molecule has 0 nitrogen and oxygen atoms in total. The first-order valence-corrected chi connectivity index (χ1v) is 10.3. The first-order valence-electron chi connectivity index (χ1n) is 7.97. The van der Waals surface area contributed by atoms with Gasteiger partial charge in [0, 0.05) is 9.52 Å². The van der Waals surface area contributed by atoms with Crippen LogP contribution in [0, 0.1) is 13.0 Å². The molecule has 2 aromatic rings. The van der Waals surface area contributed by atoms with Crippen molar-refractivity contribution >= 4 is 9.52 Å². The van der Waals surface area contributed by atoms with Crippen LogP contribution in [-0.4, -0.2) is 9.52 Å². The molecule has 0 atom stereocenters. The number of benzene rings is 2. The Hall–Kier alpha value is -0.400. The Bertz CT molecular complexity index is 742. The van der Waals surface area contributed by atoms with E-state index in [-0.39, 0.29) is 51.0 Å². The van der Waals surface area contributed by atoms with Crippen LogP contribution in [0.3, 0.4) is 0 Å². The SMILES string of the molecule is C[SiH]C.Cc1cc(C2C=CC=C2)[c-]c2c1-c1ccccc1C2.[Cl-].[Cl-].[Zr+3]. The Kier molecular flexibility index (Phi) is 11.2. The Morgan fingerprint density at radius 2 is 1.64 bits per heavy atom. The smallest absolute Gasteiger partial charge is 1.00 e. The summed E-state index contributed by atoms with van der Waals surface area (Å²) in [5.41, 5.74) is 8.29. The summed E-state index contributed by atoms with van der Waals surface area (Å²) in [6, 6.07) is 14.7. The molecule has 0 aromatic heterocycles. The van der Waals surface area contributed by atoms with E-state index in [9.17, 15) is 0 Å². The van der Waals surface area contributed by atoms with E-state index in [1.807, 2.05) is 0 Å². The summed E-state index contributed by atoms with van der Waals surface area (Å²) < 4.78 is 0. The van der Waals surface area contributed by atoms with E-state index in [4.69, 9.17) is 0 Å². The van der Waals surface area contributed by atoms with Crippen LogP contribution in [0.2, 0.25) is 13.1 Å². The molecule has 0 spiro atoms. The van der Waals surface area contributed by atoms with E-state index in [0.717, 1.165) is 15.9 Å². The van der Waals surface area contributed by atoms with Gasteiger partial charge >= 0.3 is 26.2 Å². The summed E-state index contributed by atoms with van der Waals surface area (Å²) in [5, 5.41) is 0. The average molecular weight is 465 g/mol. The van der Waals surface area contributed by atoms with Crippen LogP contribution in [0.4, 0.5) is 0 Å². The Balaban J connectivity index is 0.000000902. The van der Waals surface area contributed by atoms with Crippen LogP contribution in [0.1, 0.15) is 28.2 Å². The second kappa shape index (κ2) is 11.3. The zero-order chi connectivity index (χ0) is 15.5. The third-order valence-electron chi connectivity index (χ3n) is 4.12.